The van der Waals surface area contributed by atoms with Crippen molar-refractivity contribution in [2.75, 3.05) is 43.1 Å². The third kappa shape index (κ3) is 7.91. The quantitative estimate of drug-likeness (QED) is 0.189. The molecule has 12 heteroatoms. The van der Waals surface area contributed by atoms with E-state index in [9.17, 15) is 19.5 Å². The predicted octanol–water partition coefficient (Wildman–Crippen LogP) is 3.92. The first-order valence-electron chi connectivity index (χ1n) is 15.4. The molecule has 5 N–H and O–H groups in total. The normalized spacial score (nSPS) is 16.8. The molecule has 5 rings (SSSR count). The van der Waals surface area contributed by atoms with Gasteiger partial charge in [-0.3, -0.25) is 24.3 Å². The Kier molecular flexibility index (Phi) is 10.4. The molecule has 2 heterocycles. The van der Waals surface area contributed by atoms with Crippen LogP contribution in [0.15, 0.2) is 85.3 Å². The molecule has 244 valence electrons. The van der Waals surface area contributed by atoms with Crippen LogP contribution < -0.4 is 21.1 Å². The van der Waals surface area contributed by atoms with E-state index in [1.165, 1.54) is 18.6 Å². The van der Waals surface area contributed by atoms with Crippen LogP contribution in [0.3, 0.4) is 0 Å². The summed E-state index contributed by atoms with van der Waals surface area (Å²) in [5.41, 5.74) is 9.24. The van der Waals surface area contributed by atoms with E-state index in [0.29, 0.717) is 42.3 Å². The van der Waals surface area contributed by atoms with Crippen molar-refractivity contribution < 1.29 is 24.2 Å². The Hall–Kier alpha value is -5.33. The van der Waals surface area contributed by atoms with Crippen molar-refractivity contribution >= 4 is 34.8 Å². The van der Waals surface area contributed by atoms with Gasteiger partial charge in [0.05, 0.1) is 41.5 Å². The van der Waals surface area contributed by atoms with Gasteiger partial charge in [0.15, 0.2) is 5.75 Å². The van der Waals surface area contributed by atoms with Crippen molar-refractivity contribution in [1.29, 1.82) is 0 Å². The zero-order chi connectivity index (χ0) is 33.5. The van der Waals surface area contributed by atoms with Gasteiger partial charge in [-0.25, -0.2) is 4.98 Å². The summed E-state index contributed by atoms with van der Waals surface area (Å²) in [6, 6.07) is 19.0. The largest absolute Gasteiger partial charge is 0.486 e. The number of fused-ring (bicyclic) bond motifs is 1. The lowest BCUT2D eigenvalue weighted by Gasteiger charge is -2.38. The fraction of sp³-hybridized carbons (Fsp3) is 0.286. The van der Waals surface area contributed by atoms with Crippen LogP contribution in [0, 0.1) is 5.92 Å². The van der Waals surface area contributed by atoms with E-state index in [4.69, 9.17) is 10.5 Å². The smallest absolute Gasteiger partial charge is 0.275 e. The molecule has 0 radical (unpaired) electrons. The standard InChI is InChI=1S/C35H39N7O5/c1-22-18-42(23(2)21-43)35(46)26-7-6-10-29(40-34(45)30-17-37-15-16-38-30)32(26)47-31(22)20-41(3)19-24-11-13-25(14-12-24)33(44)39-28-9-5-4-8-27(28)36/h4-17,22-23,31,43H,18-21,36H2,1-3H3,(H,39,44)(H,40,45)/t22-,23-,31+/m0/s1. The van der Waals surface area contributed by atoms with Gasteiger partial charge in [0.1, 0.15) is 11.8 Å². The number of benzene rings is 3. The summed E-state index contributed by atoms with van der Waals surface area (Å²) in [7, 11) is 1.97. The van der Waals surface area contributed by atoms with E-state index in [1.54, 1.807) is 60.4 Å². The Balaban J connectivity index is 1.34. The molecule has 0 saturated carbocycles. The summed E-state index contributed by atoms with van der Waals surface area (Å²) in [4.78, 5) is 51.4. The fourth-order valence-corrected chi connectivity index (χ4v) is 5.41. The van der Waals surface area contributed by atoms with Crippen molar-refractivity contribution in [2.45, 2.75) is 32.5 Å². The number of carbonyl (C=O) groups is 3. The maximum absolute atomic E-state index is 13.8. The lowest BCUT2D eigenvalue weighted by atomic mass is 9.98. The van der Waals surface area contributed by atoms with Crippen molar-refractivity contribution in [3.63, 3.8) is 0 Å². The number of nitrogens with one attached hydrogen (secondary N) is 2. The van der Waals surface area contributed by atoms with Gasteiger partial charge in [-0.1, -0.05) is 37.3 Å². The summed E-state index contributed by atoms with van der Waals surface area (Å²) in [6.07, 6.45) is 3.87. The van der Waals surface area contributed by atoms with Crippen LogP contribution in [0.25, 0.3) is 0 Å². The number of amides is 3. The van der Waals surface area contributed by atoms with Crippen molar-refractivity contribution in [3.8, 4) is 5.75 Å². The first kappa shape index (κ1) is 33.0. The Bertz CT molecular complexity index is 1720. The first-order chi connectivity index (χ1) is 22.6. The zero-order valence-corrected chi connectivity index (χ0v) is 26.6. The van der Waals surface area contributed by atoms with Crippen LogP contribution in [-0.2, 0) is 6.54 Å². The highest BCUT2D eigenvalue weighted by atomic mass is 16.5. The van der Waals surface area contributed by atoms with E-state index >= 15 is 0 Å². The molecule has 12 nitrogen and oxygen atoms in total. The molecule has 0 aliphatic carbocycles. The maximum Gasteiger partial charge on any atom is 0.275 e. The lowest BCUT2D eigenvalue weighted by molar-refractivity contribution is 0.0343. The van der Waals surface area contributed by atoms with Crippen molar-refractivity contribution in [1.82, 2.24) is 19.8 Å². The summed E-state index contributed by atoms with van der Waals surface area (Å²) in [5, 5.41) is 15.7. The molecule has 0 spiro atoms. The van der Waals surface area contributed by atoms with Crippen molar-refractivity contribution in [2.24, 2.45) is 5.92 Å². The minimum absolute atomic E-state index is 0.121. The Morgan fingerprint density at radius 3 is 2.47 bits per heavy atom. The zero-order valence-electron chi connectivity index (χ0n) is 26.6. The van der Waals surface area contributed by atoms with Gasteiger partial charge in [-0.2, -0.15) is 0 Å². The van der Waals surface area contributed by atoms with E-state index in [0.717, 1.165) is 5.56 Å². The molecule has 47 heavy (non-hydrogen) atoms. The topological polar surface area (TPSA) is 163 Å². The molecule has 1 aromatic heterocycles. The molecule has 1 aliphatic heterocycles. The molecule has 3 amide bonds. The predicted molar refractivity (Wildman–Crippen MR) is 179 cm³/mol. The number of para-hydroxylation sites is 3. The number of aromatic nitrogens is 2. The number of hydrogen-bond donors (Lipinski definition) is 4. The molecule has 0 unspecified atom stereocenters. The molecular weight excluding hydrogens is 598 g/mol. The number of ether oxygens (including phenoxy) is 1. The maximum atomic E-state index is 13.8. The van der Waals surface area contributed by atoms with Crippen LogP contribution in [0.5, 0.6) is 5.75 Å². The third-order valence-corrected chi connectivity index (χ3v) is 8.10. The molecule has 3 atom stereocenters. The number of likely N-dealkylation sites (N-methyl/N-ethyl adjacent to an activating group) is 1. The number of carbonyl (C=O) groups excluding carboxylic acids is 3. The van der Waals surface area contributed by atoms with Gasteiger partial charge in [-0.05, 0) is 55.9 Å². The number of aliphatic hydroxyl groups excluding tert-OH is 1. The second-order valence-corrected chi connectivity index (χ2v) is 11.8. The molecule has 3 aromatic carbocycles. The second kappa shape index (κ2) is 14.8. The van der Waals surface area contributed by atoms with Crippen LogP contribution >= 0.6 is 0 Å². The van der Waals surface area contributed by atoms with Gasteiger partial charge >= 0.3 is 0 Å². The van der Waals surface area contributed by atoms with Gasteiger partial charge in [-0.15, -0.1) is 0 Å². The Morgan fingerprint density at radius 1 is 1.04 bits per heavy atom. The molecule has 4 aromatic rings. The molecule has 0 bridgehead atoms. The van der Waals surface area contributed by atoms with Gasteiger partial charge in [0.25, 0.3) is 17.7 Å². The van der Waals surface area contributed by atoms with Gasteiger partial charge < -0.3 is 31.1 Å². The summed E-state index contributed by atoms with van der Waals surface area (Å²) in [5.74, 6) is -0.921. The number of nitrogens with zero attached hydrogens (tertiary/aromatic N) is 4. The molecule has 0 saturated heterocycles. The summed E-state index contributed by atoms with van der Waals surface area (Å²) < 4.78 is 6.61. The van der Waals surface area contributed by atoms with Crippen LogP contribution in [0.4, 0.5) is 17.1 Å². The monoisotopic (exact) mass is 637 g/mol. The summed E-state index contributed by atoms with van der Waals surface area (Å²) >= 11 is 0. The number of nitrogen functional groups attached to an aromatic ring is 1. The number of anilines is 3. The van der Waals surface area contributed by atoms with Crippen LogP contribution in [0.2, 0.25) is 0 Å². The highest BCUT2D eigenvalue weighted by Crippen LogP contribution is 2.35. The number of hydrogen-bond acceptors (Lipinski definition) is 9. The van der Waals surface area contributed by atoms with Crippen LogP contribution in [-0.4, -0.2) is 81.5 Å². The first-order valence-corrected chi connectivity index (χ1v) is 15.4. The molecular formula is C35H39N7O5. The minimum atomic E-state index is -0.490. The fourth-order valence-electron chi connectivity index (χ4n) is 5.41. The van der Waals surface area contributed by atoms with Crippen LogP contribution in [0.1, 0.15) is 50.6 Å². The average Bonchev–Trinajstić information content (AvgIpc) is 3.08. The Morgan fingerprint density at radius 2 is 1.77 bits per heavy atom. The average molecular weight is 638 g/mol. The molecule has 1 aliphatic rings. The lowest BCUT2D eigenvalue weighted by Crippen LogP contribution is -2.49. The Labute approximate surface area is 273 Å². The van der Waals surface area contributed by atoms with E-state index in [1.807, 2.05) is 32.2 Å². The van der Waals surface area contributed by atoms with Gasteiger partial charge in [0.2, 0.25) is 0 Å². The SMILES string of the molecule is C[C@H]1CN([C@@H](C)CO)C(=O)c2cccc(NC(=O)c3cnccn3)c2O[C@@H]1CN(C)Cc1ccc(C(=O)Nc2ccccc2N)cc1. The van der Waals surface area contributed by atoms with E-state index in [2.05, 4.69) is 25.5 Å². The van der Waals surface area contributed by atoms with Gasteiger partial charge in [0, 0.05) is 43.5 Å². The number of aliphatic hydroxyl groups is 1. The van der Waals surface area contributed by atoms with E-state index < -0.39 is 18.1 Å². The third-order valence-electron chi connectivity index (χ3n) is 8.10. The number of nitrogens with two attached hydrogens (primary N) is 1. The summed E-state index contributed by atoms with van der Waals surface area (Å²) in [6.45, 7) is 5.01. The van der Waals surface area contributed by atoms with Crippen molar-refractivity contribution in [3.05, 3.63) is 108 Å². The highest BCUT2D eigenvalue weighted by molar-refractivity contribution is 6.06. The minimum Gasteiger partial charge on any atom is -0.486 e. The number of rotatable bonds is 10. The molecule has 0 fully saturated rings. The van der Waals surface area contributed by atoms with E-state index in [-0.39, 0.29) is 41.3 Å². The second-order valence-electron chi connectivity index (χ2n) is 11.8. The highest BCUT2D eigenvalue weighted by Gasteiger charge is 2.34.